The molecule has 6 nitrogen and oxygen atoms in total. The van der Waals surface area contributed by atoms with Crippen molar-refractivity contribution in [1.82, 2.24) is 4.98 Å². The first-order valence-electron chi connectivity index (χ1n) is 7.16. The molecule has 2 heterocycles. The average Bonchev–Trinajstić information content (AvgIpc) is 2.45. The van der Waals surface area contributed by atoms with Crippen LogP contribution in [-0.2, 0) is 14.3 Å². The number of nitrogens with zero attached hydrogens (tertiary/aromatic N) is 2. The zero-order chi connectivity index (χ0) is 17.2. The monoisotopic (exact) mass is 313 g/mol. The number of esters is 1. The maximum atomic E-state index is 12.6. The van der Waals surface area contributed by atoms with Gasteiger partial charge in [0.25, 0.3) is 0 Å². The third-order valence-corrected chi connectivity index (χ3v) is 3.24. The Hall–Kier alpha value is -2.81. The number of allylic oxidation sites excluding steroid dienone is 2. The first-order valence-corrected chi connectivity index (χ1v) is 7.16. The van der Waals surface area contributed by atoms with E-state index in [2.05, 4.69) is 4.98 Å². The van der Waals surface area contributed by atoms with Gasteiger partial charge < -0.3 is 15.2 Å². The van der Waals surface area contributed by atoms with Crippen LogP contribution < -0.4 is 5.73 Å². The summed E-state index contributed by atoms with van der Waals surface area (Å²) in [6.07, 6.45) is 3.21. The molecule has 1 aliphatic heterocycles. The van der Waals surface area contributed by atoms with Crippen LogP contribution in [0.1, 0.15) is 39.2 Å². The van der Waals surface area contributed by atoms with Crippen molar-refractivity contribution in [2.24, 2.45) is 5.73 Å². The van der Waals surface area contributed by atoms with Gasteiger partial charge in [-0.05, 0) is 39.3 Å². The molecule has 120 valence electrons. The van der Waals surface area contributed by atoms with Gasteiger partial charge in [-0.3, -0.25) is 4.98 Å². The lowest BCUT2D eigenvalue weighted by atomic mass is 9.84. The maximum absolute atomic E-state index is 12.6. The second-order valence-corrected chi connectivity index (χ2v) is 6.18. The lowest BCUT2D eigenvalue weighted by Crippen LogP contribution is -2.30. The molecule has 0 aromatic carbocycles. The second-order valence-electron chi connectivity index (χ2n) is 6.18. The quantitative estimate of drug-likeness (QED) is 0.842. The molecule has 0 unspecified atom stereocenters. The van der Waals surface area contributed by atoms with E-state index in [0.717, 1.165) is 0 Å². The molecule has 0 radical (unpaired) electrons. The van der Waals surface area contributed by atoms with Crippen molar-refractivity contribution in [3.63, 3.8) is 0 Å². The molecule has 2 rings (SSSR count). The Morgan fingerprint density at radius 2 is 2.17 bits per heavy atom. The summed E-state index contributed by atoms with van der Waals surface area (Å²) in [5.74, 6) is -0.878. The predicted octanol–water partition coefficient (Wildman–Crippen LogP) is 2.50. The fourth-order valence-electron chi connectivity index (χ4n) is 2.36. The molecule has 0 aliphatic carbocycles. The average molecular weight is 313 g/mol. The summed E-state index contributed by atoms with van der Waals surface area (Å²) in [5.41, 5.74) is 6.27. The first kappa shape index (κ1) is 16.6. The number of nitriles is 1. The lowest BCUT2D eigenvalue weighted by molar-refractivity contribution is -0.150. The van der Waals surface area contributed by atoms with Crippen molar-refractivity contribution < 1.29 is 14.3 Å². The van der Waals surface area contributed by atoms with Gasteiger partial charge >= 0.3 is 5.97 Å². The minimum Gasteiger partial charge on any atom is -0.456 e. The number of rotatable bonds is 2. The van der Waals surface area contributed by atoms with Crippen molar-refractivity contribution in [3.8, 4) is 6.07 Å². The van der Waals surface area contributed by atoms with E-state index in [-0.39, 0.29) is 17.0 Å². The molecule has 2 N–H and O–H groups in total. The summed E-state index contributed by atoms with van der Waals surface area (Å²) in [7, 11) is 0. The topological polar surface area (TPSA) is 98.2 Å². The van der Waals surface area contributed by atoms with Crippen molar-refractivity contribution in [2.75, 3.05) is 0 Å². The molecule has 1 atom stereocenters. The minimum absolute atomic E-state index is 0.00818. The number of carbonyl (C=O) groups excluding carboxylic acids is 1. The van der Waals surface area contributed by atoms with Gasteiger partial charge in [0, 0.05) is 12.4 Å². The molecule has 6 heteroatoms. The van der Waals surface area contributed by atoms with Crippen LogP contribution in [0.15, 0.2) is 47.3 Å². The van der Waals surface area contributed by atoms with Gasteiger partial charge in [0.2, 0.25) is 5.88 Å². The van der Waals surface area contributed by atoms with Gasteiger partial charge in [0.15, 0.2) is 0 Å². The summed E-state index contributed by atoms with van der Waals surface area (Å²) in [4.78, 5) is 16.7. The van der Waals surface area contributed by atoms with Crippen LogP contribution in [0.25, 0.3) is 0 Å². The van der Waals surface area contributed by atoms with Gasteiger partial charge in [-0.2, -0.15) is 5.26 Å². The second kappa shape index (κ2) is 6.13. The Labute approximate surface area is 135 Å². The standard InChI is InChI=1S/C17H19N3O3/c1-10-13(16(21)23-17(2,3)4)14(11-6-5-7-20-9-11)12(8-18)15(19)22-10/h5-7,9,14H,19H2,1-4H3/t14-/m1/s1. The van der Waals surface area contributed by atoms with Gasteiger partial charge in [0.1, 0.15) is 23.0 Å². The van der Waals surface area contributed by atoms with Crippen LogP contribution in [0, 0.1) is 11.3 Å². The molecule has 0 bridgehead atoms. The van der Waals surface area contributed by atoms with Crippen molar-refractivity contribution in [1.29, 1.82) is 5.26 Å². The highest BCUT2D eigenvalue weighted by Gasteiger charge is 2.37. The summed E-state index contributed by atoms with van der Waals surface area (Å²) >= 11 is 0. The SMILES string of the molecule is CC1=C(C(=O)OC(C)(C)C)[C@H](c2cccnc2)C(C#N)=C(N)O1. The maximum Gasteiger partial charge on any atom is 0.338 e. The predicted molar refractivity (Wildman–Crippen MR) is 83.4 cm³/mol. The van der Waals surface area contributed by atoms with E-state index in [1.54, 1.807) is 52.2 Å². The van der Waals surface area contributed by atoms with Crippen LogP contribution in [0.3, 0.4) is 0 Å². The molecule has 1 aromatic heterocycles. The largest absolute Gasteiger partial charge is 0.456 e. The van der Waals surface area contributed by atoms with E-state index in [1.807, 2.05) is 6.07 Å². The zero-order valence-electron chi connectivity index (χ0n) is 13.6. The summed E-state index contributed by atoms with van der Waals surface area (Å²) in [6.45, 7) is 6.96. The minimum atomic E-state index is -0.663. The highest BCUT2D eigenvalue weighted by molar-refractivity contribution is 5.92. The van der Waals surface area contributed by atoms with Gasteiger partial charge in [-0.1, -0.05) is 6.07 Å². The van der Waals surface area contributed by atoms with Crippen LogP contribution in [0.4, 0.5) is 0 Å². The fourth-order valence-corrected chi connectivity index (χ4v) is 2.36. The molecule has 1 aliphatic rings. The third kappa shape index (κ3) is 3.51. The smallest absolute Gasteiger partial charge is 0.338 e. The van der Waals surface area contributed by atoms with Gasteiger partial charge in [-0.25, -0.2) is 4.79 Å². The van der Waals surface area contributed by atoms with E-state index in [4.69, 9.17) is 15.2 Å². The highest BCUT2D eigenvalue weighted by Crippen LogP contribution is 2.39. The fraction of sp³-hybridized carbons (Fsp3) is 0.353. The normalized spacial score (nSPS) is 18.3. The van der Waals surface area contributed by atoms with Crippen molar-refractivity contribution in [3.05, 3.63) is 52.9 Å². The molecule has 0 spiro atoms. The third-order valence-electron chi connectivity index (χ3n) is 3.24. The summed E-state index contributed by atoms with van der Waals surface area (Å²) in [6, 6.07) is 5.55. The van der Waals surface area contributed by atoms with Crippen LogP contribution in [0.2, 0.25) is 0 Å². The number of pyridine rings is 1. The Kier molecular flexibility index (Phi) is 4.41. The number of nitrogens with two attached hydrogens (primary N) is 1. The summed E-state index contributed by atoms with van der Waals surface area (Å²) in [5, 5.41) is 9.45. The van der Waals surface area contributed by atoms with E-state index in [0.29, 0.717) is 11.3 Å². The molecular formula is C17H19N3O3. The van der Waals surface area contributed by atoms with Crippen LogP contribution in [-0.4, -0.2) is 16.6 Å². The van der Waals surface area contributed by atoms with Gasteiger partial charge in [0.05, 0.1) is 11.5 Å². The molecule has 23 heavy (non-hydrogen) atoms. The number of aromatic nitrogens is 1. The lowest BCUT2D eigenvalue weighted by Gasteiger charge is -2.29. The number of ether oxygens (including phenoxy) is 2. The zero-order valence-corrected chi connectivity index (χ0v) is 13.6. The van der Waals surface area contributed by atoms with Crippen LogP contribution in [0.5, 0.6) is 0 Å². The Morgan fingerprint density at radius 3 is 2.70 bits per heavy atom. The number of carbonyl (C=O) groups is 1. The van der Waals surface area contributed by atoms with Crippen molar-refractivity contribution in [2.45, 2.75) is 39.2 Å². The Bertz CT molecular complexity index is 722. The van der Waals surface area contributed by atoms with Crippen molar-refractivity contribution >= 4 is 5.97 Å². The molecule has 0 fully saturated rings. The number of hydrogen-bond donors (Lipinski definition) is 1. The first-order chi connectivity index (χ1) is 10.7. The van der Waals surface area contributed by atoms with Gasteiger partial charge in [-0.15, -0.1) is 0 Å². The summed E-state index contributed by atoms with van der Waals surface area (Å²) < 4.78 is 10.8. The van der Waals surface area contributed by atoms with E-state index < -0.39 is 17.5 Å². The van der Waals surface area contributed by atoms with E-state index >= 15 is 0 Å². The van der Waals surface area contributed by atoms with Crippen LogP contribution >= 0.6 is 0 Å². The molecular weight excluding hydrogens is 294 g/mol. The number of hydrogen-bond acceptors (Lipinski definition) is 6. The van der Waals surface area contributed by atoms with E-state index in [1.165, 1.54) is 0 Å². The molecule has 1 aromatic rings. The molecule has 0 saturated heterocycles. The van der Waals surface area contributed by atoms with E-state index in [9.17, 15) is 10.1 Å². The molecule has 0 saturated carbocycles. The Morgan fingerprint density at radius 1 is 1.48 bits per heavy atom. The Balaban J connectivity index is 2.55. The highest BCUT2D eigenvalue weighted by atomic mass is 16.6. The molecule has 0 amide bonds.